The van der Waals surface area contributed by atoms with E-state index >= 15 is 0 Å². The number of aromatic nitrogens is 2. The maximum Gasteiger partial charge on any atom is 0.338 e. The Kier molecular flexibility index (Phi) is 6.67. The number of amides is 1. The van der Waals surface area contributed by atoms with Crippen molar-refractivity contribution < 1.29 is 19.1 Å². The predicted molar refractivity (Wildman–Crippen MR) is 109 cm³/mol. The minimum absolute atomic E-state index is 0.324. The molecule has 0 saturated carbocycles. The number of esters is 1. The van der Waals surface area contributed by atoms with Crippen LogP contribution >= 0.6 is 0 Å². The summed E-state index contributed by atoms with van der Waals surface area (Å²) in [7, 11) is 0. The first-order valence-electron chi connectivity index (χ1n) is 9.47. The highest BCUT2D eigenvalue weighted by Gasteiger charge is 2.11. The van der Waals surface area contributed by atoms with Gasteiger partial charge in [-0.3, -0.25) is 4.79 Å². The van der Waals surface area contributed by atoms with Crippen molar-refractivity contribution in [2.75, 3.05) is 18.5 Å². The molecule has 1 amide bonds. The van der Waals surface area contributed by atoms with Crippen LogP contribution in [0.5, 0.6) is 5.75 Å². The molecule has 0 unspecified atom stereocenters. The van der Waals surface area contributed by atoms with E-state index in [1.165, 1.54) is 0 Å². The molecule has 0 spiro atoms. The zero-order valence-electron chi connectivity index (χ0n) is 16.1. The van der Waals surface area contributed by atoms with Crippen molar-refractivity contribution >= 4 is 28.6 Å². The molecule has 0 aliphatic heterocycles. The Morgan fingerprint density at radius 2 is 1.76 bits per heavy atom. The average molecular weight is 397 g/mol. The Labute approximate surface area is 167 Å². The highest BCUT2D eigenvalue weighted by Crippen LogP contribution is 2.15. The van der Waals surface area contributed by atoms with E-state index in [0.29, 0.717) is 34.6 Å². The van der Waals surface area contributed by atoms with Crippen molar-refractivity contribution in [3.63, 3.8) is 0 Å². The van der Waals surface area contributed by atoms with Gasteiger partial charge in [0.15, 0.2) is 6.61 Å². The van der Waals surface area contributed by atoms with Crippen LogP contribution in [-0.2, 0) is 9.53 Å². The zero-order valence-corrected chi connectivity index (χ0v) is 16.1. The van der Waals surface area contributed by atoms with E-state index < -0.39 is 18.5 Å². The summed E-state index contributed by atoms with van der Waals surface area (Å²) in [5.41, 5.74) is 1.71. The number of unbranched alkanes of at least 4 members (excludes halogenated alkanes) is 2. The smallest absolute Gasteiger partial charge is 0.338 e. The number of carbonyl (C=O) groups excluding carboxylic acids is 2. The maximum atomic E-state index is 12.1. The van der Waals surface area contributed by atoms with Gasteiger partial charge in [-0.2, -0.15) is 0 Å². The fourth-order valence-electron chi connectivity index (χ4n) is 2.75. The molecule has 0 aliphatic rings. The van der Waals surface area contributed by atoms with Crippen molar-refractivity contribution in [1.29, 1.82) is 0 Å². The number of anilines is 1. The third-order valence-corrected chi connectivity index (χ3v) is 4.24. The number of hydrogen-bond acceptors (Lipinski definition) is 5. The van der Waals surface area contributed by atoms with Crippen molar-refractivity contribution in [2.45, 2.75) is 26.2 Å². The number of nitrogens with one attached hydrogen (secondary N) is 3. The van der Waals surface area contributed by atoms with Gasteiger partial charge in [-0.1, -0.05) is 19.8 Å². The molecule has 0 fully saturated rings. The zero-order chi connectivity index (χ0) is 20.6. The topological polar surface area (TPSA) is 113 Å². The van der Waals surface area contributed by atoms with Crippen LogP contribution in [0.3, 0.4) is 0 Å². The van der Waals surface area contributed by atoms with Crippen LogP contribution in [0.1, 0.15) is 36.5 Å². The molecule has 0 atom stereocenters. The Bertz CT molecular complexity index is 1040. The number of ether oxygens (including phenoxy) is 2. The van der Waals surface area contributed by atoms with Gasteiger partial charge in [0, 0.05) is 5.69 Å². The molecule has 1 aromatic heterocycles. The number of fused-ring (bicyclic) bond motifs is 1. The summed E-state index contributed by atoms with van der Waals surface area (Å²) in [6.45, 7) is 2.35. The minimum Gasteiger partial charge on any atom is -0.494 e. The molecule has 0 aliphatic carbocycles. The monoisotopic (exact) mass is 397 g/mol. The van der Waals surface area contributed by atoms with Crippen molar-refractivity contribution in [1.82, 2.24) is 9.97 Å². The van der Waals surface area contributed by atoms with E-state index in [2.05, 4.69) is 22.2 Å². The van der Waals surface area contributed by atoms with Crippen LogP contribution in [0.15, 0.2) is 47.3 Å². The Morgan fingerprint density at radius 1 is 1.00 bits per heavy atom. The highest BCUT2D eigenvalue weighted by molar-refractivity contribution is 5.96. The molecular weight excluding hydrogens is 374 g/mol. The second kappa shape index (κ2) is 9.59. The molecule has 2 aromatic carbocycles. The molecule has 3 aromatic rings. The number of carbonyl (C=O) groups is 2. The highest BCUT2D eigenvalue weighted by atomic mass is 16.5. The Hall–Kier alpha value is -3.55. The SMILES string of the molecule is CCCCCOc1ccc(C(=O)OCC(=O)Nc2ccc3[nH]c(=O)[nH]c3c2)cc1. The lowest BCUT2D eigenvalue weighted by atomic mass is 10.2. The number of rotatable bonds is 9. The molecule has 3 N–H and O–H groups in total. The van der Waals surface area contributed by atoms with Crippen LogP contribution in [0.4, 0.5) is 5.69 Å². The number of imidazole rings is 1. The summed E-state index contributed by atoms with van der Waals surface area (Å²) in [6.07, 6.45) is 3.23. The molecule has 0 bridgehead atoms. The fraction of sp³-hybridized carbons (Fsp3) is 0.286. The van der Waals surface area contributed by atoms with Gasteiger partial charge >= 0.3 is 11.7 Å². The summed E-state index contributed by atoms with van der Waals surface area (Å²) in [5, 5.41) is 2.62. The molecule has 29 heavy (non-hydrogen) atoms. The number of hydrogen-bond donors (Lipinski definition) is 3. The number of H-pyrrole nitrogens is 2. The van der Waals surface area contributed by atoms with Gasteiger partial charge in [-0.15, -0.1) is 0 Å². The van der Waals surface area contributed by atoms with Gasteiger partial charge in [0.05, 0.1) is 23.2 Å². The maximum absolute atomic E-state index is 12.1. The first-order valence-corrected chi connectivity index (χ1v) is 9.47. The van der Waals surface area contributed by atoms with Crippen LogP contribution in [0, 0.1) is 0 Å². The summed E-state index contributed by atoms with van der Waals surface area (Å²) in [5.74, 6) is -0.386. The lowest BCUT2D eigenvalue weighted by Crippen LogP contribution is -2.20. The van der Waals surface area contributed by atoms with Crippen molar-refractivity contribution in [3.05, 3.63) is 58.5 Å². The number of benzene rings is 2. The Balaban J connectivity index is 1.47. The molecule has 8 nitrogen and oxygen atoms in total. The first kappa shape index (κ1) is 20.2. The summed E-state index contributed by atoms with van der Waals surface area (Å²) in [6, 6.07) is 11.5. The first-order chi connectivity index (χ1) is 14.0. The van der Waals surface area contributed by atoms with Crippen LogP contribution < -0.4 is 15.7 Å². The predicted octanol–water partition coefficient (Wildman–Crippen LogP) is 3.22. The largest absolute Gasteiger partial charge is 0.494 e. The van der Waals surface area contributed by atoms with Gasteiger partial charge in [0.1, 0.15) is 5.75 Å². The van der Waals surface area contributed by atoms with E-state index in [-0.39, 0.29) is 5.69 Å². The van der Waals surface area contributed by atoms with Gasteiger partial charge in [0.2, 0.25) is 0 Å². The van der Waals surface area contributed by atoms with E-state index in [4.69, 9.17) is 9.47 Å². The number of aromatic amines is 2. The second-order valence-corrected chi connectivity index (χ2v) is 6.54. The average Bonchev–Trinajstić information content (AvgIpc) is 3.09. The minimum atomic E-state index is -0.594. The van der Waals surface area contributed by atoms with Crippen molar-refractivity contribution in [2.24, 2.45) is 0 Å². The van der Waals surface area contributed by atoms with Gasteiger partial charge in [-0.05, 0) is 48.9 Å². The summed E-state index contributed by atoms with van der Waals surface area (Å²) < 4.78 is 10.6. The third kappa shape index (κ3) is 5.71. The van der Waals surface area contributed by atoms with E-state index in [0.717, 1.165) is 19.3 Å². The fourth-order valence-corrected chi connectivity index (χ4v) is 2.75. The summed E-state index contributed by atoms with van der Waals surface area (Å²) >= 11 is 0. The molecule has 0 radical (unpaired) electrons. The normalized spacial score (nSPS) is 10.7. The van der Waals surface area contributed by atoms with Crippen molar-refractivity contribution in [3.8, 4) is 5.75 Å². The van der Waals surface area contributed by atoms with Gasteiger partial charge in [-0.25, -0.2) is 9.59 Å². The molecule has 152 valence electrons. The van der Waals surface area contributed by atoms with Crippen LogP contribution in [0.25, 0.3) is 11.0 Å². The molecular formula is C21H23N3O5. The van der Waals surface area contributed by atoms with Crippen LogP contribution in [-0.4, -0.2) is 35.1 Å². The lowest BCUT2D eigenvalue weighted by molar-refractivity contribution is -0.119. The molecule has 3 rings (SSSR count). The Morgan fingerprint density at radius 3 is 2.52 bits per heavy atom. The van der Waals surface area contributed by atoms with E-state index in [1.807, 2.05) is 0 Å². The lowest BCUT2D eigenvalue weighted by Gasteiger charge is -2.08. The summed E-state index contributed by atoms with van der Waals surface area (Å²) in [4.78, 5) is 40.6. The standard InChI is InChI=1S/C21H23N3O5/c1-2-3-4-11-28-16-8-5-14(6-9-16)20(26)29-13-19(25)22-15-7-10-17-18(12-15)24-21(27)23-17/h5-10,12H,2-4,11,13H2,1H3,(H,22,25)(H2,23,24,27). The van der Waals surface area contributed by atoms with Gasteiger partial charge < -0.3 is 24.8 Å². The molecule has 8 heteroatoms. The van der Waals surface area contributed by atoms with Crippen LogP contribution in [0.2, 0.25) is 0 Å². The molecule has 1 heterocycles. The quantitative estimate of drug-likeness (QED) is 0.379. The molecule has 0 saturated heterocycles. The van der Waals surface area contributed by atoms with Gasteiger partial charge in [0.25, 0.3) is 5.91 Å². The van der Waals surface area contributed by atoms with E-state index in [9.17, 15) is 14.4 Å². The van der Waals surface area contributed by atoms with E-state index in [1.54, 1.807) is 42.5 Å². The third-order valence-electron chi connectivity index (χ3n) is 4.24. The second-order valence-electron chi connectivity index (χ2n) is 6.54.